The average Bonchev–Trinajstić information content (AvgIpc) is 3.02. The summed E-state index contributed by atoms with van der Waals surface area (Å²) in [6.07, 6.45) is 7.09. The number of aromatic nitrogens is 1. The number of sulfonamides is 1. The molecular formula is C32H40F2N6O6S. The Morgan fingerprint density at radius 3 is 2.53 bits per heavy atom. The molecule has 0 bridgehead atoms. The summed E-state index contributed by atoms with van der Waals surface area (Å²) in [7, 11) is -0.659. The summed E-state index contributed by atoms with van der Waals surface area (Å²) in [6.45, 7) is 3.46. The van der Waals surface area contributed by atoms with Crippen LogP contribution in [0.4, 0.5) is 25.0 Å². The average molecular weight is 675 g/mol. The lowest BCUT2D eigenvalue weighted by Crippen LogP contribution is -2.50. The molecule has 3 amide bonds. The van der Waals surface area contributed by atoms with Crippen LogP contribution >= 0.6 is 0 Å². The van der Waals surface area contributed by atoms with E-state index in [2.05, 4.69) is 37.5 Å². The van der Waals surface area contributed by atoms with Gasteiger partial charge >= 0.3 is 6.03 Å². The second-order valence-corrected chi connectivity index (χ2v) is 13.1. The van der Waals surface area contributed by atoms with Gasteiger partial charge in [0.05, 0.1) is 30.3 Å². The van der Waals surface area contributed by atoms with E-state index in [1.165, 1.54) is 20.2 Å². The Hall–Kier alpha value is -4.50. The van der Waals surface area contributed by atoms with E-state index in [1.807, 2.05) is 6.07 Å². The first-order chi connectivity index (χ1) is 22.4. The van der Waals surface area contributed by atoms with E-state index in [4.69, 9.17) is 9.47 Å². The van der Waals surface area contributed by atoms with Crippen LogP contribution in [-0.4, -0.2) is 69.3 Å². The summed E-state index contributed by atoms with van der Waals surface area (Å²) in [5.41, 5.74) is 0.655. The number of hydrogen-bond acceptors (Lipinski definition) is 8. The Morgan fingerprint density at radius 1 is 1.09 bits per heavy atom. The molecule has 47 heavy (non-hydrogen) atoms. The van der Waals surface area contributed by atoms with Crippen molar-refractivity contribution >= 4 is 33.3 Å². The molecule has 2 heterocycles. The molecule has 4 N–H and O–H groups in total. The second kappa shape index (κ2) is 15.9. The number of nitrogens with zero attached hydrogens (tertiary/aromatic N) is 2. The van der Waals surface area contributed by atoms with Crippen molar-refractivity contribution in [3.05, 3.63) is 71.4 Å². The summed E-state index contributed by atoms with van der Waals surface area (Å²) in [5.74, 6) is -1.68. The van der Waals surface area contributed by atoms with Gasteiger partial charge in [-0.25, -0.2) is 27.0 Å². The van der Waals surface area contributed by atoms with E-state index in [9.17, 15) is 26.8 Å². The van der Waals surface area contributed by atoms with E-state index in [-0.39, 0.29) is 23.3 Å². The Bertz CT molecular complexity index is 1680. The van der Waals surface area contributed by atoms with Gasteiger partial charge in [-0.05, 0) is 43.0 Å². The molecular weight excluding hydrogens is 634 g/mol. The lowest BCUT2D eigenvalue weighted by atomic mass is 9.93. The van der Waals surface area contributed by atoms with Gasteiger partial charge in [0.25, 0.3) is 5.91 Å². The zero-order valence-corrected chi connectivity index (χ0v) is 27.5. The highest BCUT2D eigenvalue weighted by atomic mass is 32.2. The van der Waals surface area contributed by atoms with Gasteiger partial charge in [0, 0.05) is 56.6 Å². The predicted octanol–water partition coefficient (Wildman–Crippen LogP) is 5.24. The number of methoxy groups -OCH3 is 1. The van der Waals surface area contributed by atoms with Gasteiger partial charge < -0.3 is 25.4 Å². The van der Waals surface area contributed by atoms with Crippen LogP contribution in [0.3, 0.4) is 0 Å². The van der Waals surface area contributed by atoms with Gasteiger partial charge in [0.2, 0.25) is 15.9 Å². The number of likely N-dealkylation sites (tertiary alicyclic amines) is 1. The van der Waals surface area contributed by atoms with Crippen LogP contribution in [0, 0.1) is 11.6 Å². The number of carbonyl (C=O) groups excluding carboxylic acids is 2. The zero-order valence-electron chi connectivity index (χ0n) is 26.7. The van der Waals surface area contributed by atoms with Crippen molar-refractivity contribution < 1.29 is 36.3 Å². The molecule has 254 valence electrons. The van der Waals surface area contributed by atoms with Crippen molar-refractivity contribution in [1.82, 2.24) is 20.5 Å². The van der Waals surface area contributed by atoms with Crippen LogP contribution in [0.1, 0.15) is 54.9 Å². The first kappa shape index (κ1) is 35.4. The maximum absolute atomic E-state index is 14.4. The Balaban J connectivity index is 1.36. The molecule has 0 radical (unpaired) electrons. The van der Waals surface area contributed by atoms with Crippen molar-refractivity contribution in [1.29, 1.82) is 0 Å². The molecule has 3 aromatic rings. The standard InChI is InChI=1S/C32H40F2N6O6S/c1-5-6-7-23-14-21(37-32(42)38-27-16-24(31(41)35-2)25(33)17-26(27)34)12-13-40(23)19-20-8-11-30(36-18-20)46-28-10-9-22(15-29(28)45-3)39-47(4,43)44/h8-11,15-18,21,23,39H,5-7,12-14,19H2,1-4H3,(H,35,41)(H2,37,38,42). The van der Waals surface area contributed by atoms with Gasteiger partial charge in [-0.1, -0.05) is 25.8 Å². The smallest absolute Gasteiger partial charge is 0.319 e. The van der Waals surface area contributed by atoms with Crippen LogP contribution in [0.15, 0.2) is 48.7 Å². The van der Waals surface area contributed by atoms with Crippen LogP contribution in [0.2, 0.25) is 0 Å². The minimum Gasteiger partial charge on any atom is -0.493 e. The van der Waals surface area contributed by atoms with Crippen molar-refractivity contribution in [3.63, 3.8) is 0 Å². The summed E-state index contributed by atoms with van der Waals surface area (Å²) in [6, 6.07) is 9.28. The fraction of sp³-hybridized carbons (Fsp3) is 0.406. The number of carbonyl (C=O) groups is 2. The number of pyridine rings is 1. The molecule has 1 aliphatic rings. The van der Waals surface area contributed by atoms with Crippen molar-refractivity contribution in [3.8, 4) is 17.4 Å². The Kier molecular flexibility index (Phi) is 11.9. The number of halogens is 2. The molecule has 0 aliphatic carbocycles. The van der Waals surface area contributed by atoms with E-state index in [0.717, 1.165) is 37.1 Å². The van der Waals surface area contributed by atoms with Gasteiger partial charge in [0.1, 0.15) is 11.6 Å². The monoisotopic (exact) mass is 674 g/mol. The highest BCUT2D eigenvalue weighted by Gasteiger charge is 2.29. The Morgan fingerprint density at radius 2 is 1.87 bits per heavy atom. The van der Waals surface area contributed by atoms with Crippen molar-refractivity contribution in [2.75, 3.05) is 37.0 Å². The van der Waals surface area contributed by atoms with E-state index < -0.39 is 33.6 Å². The fourth-order valence-electron chi connectivity index (χ4n) is 5.42. The van der Waals surface area contributed by atoms with Crippen LogP contribution in [0.5, 0.6) is 17.4 Å². The maximum Gasteiger partial charge on any atom is 0.319 e. The summed E-state index contributed by atoms with van der Waals surface area (Å²) < 4.78 is 65.2. The van der Waals surface area contributed by atoms with Crippen molar-refractivity contribution in [2.24, 2.45) is 0 Å². The highest BCUT2D eigenvalue weighted by Crippen LogP contribution is 2.34. The largest absolute Gasteiger partial charge is 0.493 e. The number of anilines is 2. The number of piperidine rings is 1. The molecule has 4 rings (SSSR count). The summed E-state index contributed by atoms with van der Waals surface area (Å²) in [4.78, 5) is 31.5. The van der Waals surface area contributed by atoms with Crippen LogP contribution < -0.4 is 30.1 Å². The molecule has 15 heteroatoms. The lowest BCUT2D eigenvalue weighted by Gasteiger charge is -2.40. The van der Waals surface area contributed by atoms with E-state index >= 15 is 0 Å². The molecule has 1 aliphatic heterocycles. The third-order valence-electron chi connectivity index (χ3n) is 7.71. The number of ether oxygens (including phenoxy) is 2. The van der Waals surface area contributed by atoms with Crippen molar-refractivity contribution in [2.45, 2.75) is 57.7 Å². The molecule has 0 saturated carbocycles. The van der Waals surface area contributed by atoms with E-state index in [1.54, 1.807) is 24.4 Å². The summed E-state index contributed by atoms with van der Waals surface area (Å²) >= 11 is 0. The molecule has 2 unspecified atom stereocenters. The minimum atomic E-state index is -3.45. The normalized spacial score (nSPS) is 16.6. The molecule has 12 nitrogen and oxygen atoms in total. The molecule has 1 fully saturated rings. The molecule has 1 aromatic heterocycles. The Labute approximate surface area is 273 Å². The van der Waals surface area contributed by atoms with Gasteiger partial charge in [-0.3, -0.25) is 14.4 Å². The van der Waals surface area contributed by atoms with E-state index in [0.29, 0.717) is 55.1 Å². The molecule has 1 saturated heterocycles. The van der Waals surface area contributed by atoms with Gasteiger partial charge in [0.15, 0.2) is 11.5 Å². The van der Waals surface area contributed by atoms with Gasteiger partial charge in [-0.2, -0.15) is 0 Å². The second-order valence-electron chi connectivity index (χ2n) is 11.3. The third-order valence-corrected chi connectivity index (χ3v) is 8.31. The minimum absolute atomic E-state index is 0.169. The predicted molar refractivity (Wildman–Crippen MR) is 174 cm³/mol. The number of hydrogen-bond donors (Lipinski definition) is 4. The molecule has 2 atom stereocenters. The number of benzene rings is 2. The third kappa shape index (κ3) is 9.99. The highest BCUT2D eigenvalue weighted by molar-refractivity contribution is 7.92. The maximum atomic E-state index is 14.4. The first-order valence-electron chi connectivity index (χ1n) is 15.2. The van der Waals surface area contributed by atoms with Crippen LogP contribution in [-0.2, 0) is 16.6 Å². The topological polar surface area (TPSA) is 151 Å². The lowest BCUT2D eigenvalue weighted by molar-refractivity contribution is 0.0959. The first-order valence-corrected chi connectivity index (χ1v) is 17.1. The number of nitrogens with one attached hydrogen (secondary N) is 4. The molecule has 0 spiro atoms. The SMILES string of the molecule is CCCCC1CC(NC(=O)Nc2cc(C(=O)NC)c(F)cc2F)CCN1Cc1ccc(Oc2ccc(NS(C)(=O)=O)cc2OC)nc1. The van der Waals surface area contributed by atoms with Gasteiger partial charge in [-0.15, -0.1) is 0 Å². The zero-order chi connectivity index (χ0) is 34.1. The number of amides is 3. The van der Waals surface area contributed by atoms with Crippen LogP contribution in [0.25, 0.3) is 0 Å². The fourth-order valence-corrected chi connectivity index (χ4v) is 5.97. The number of rotatable bonds is 13. The summed E-state index contributed by atoms with van der Waals surface area (Å²) in [5, 5.41) is 7.61. The number of urea groups is 1. The molecule has 2 aromatic carbocycles. The number of unbranched alkanes of at least 4 members (excludes halogenated alkanes) is 1. The quantitative estimate of drug-likeness (QED) is 0.192.